The van der Waals surface area contributed by atoms with Gasteiger partial charge in [0.15, 0.2) is 0 Å². The highest BCUT2D eigenvalue weighted by molar-refractivity contribution is 7.12. The number of hydrogen-bond donors (Lipinski definition) is 1. The molecule has 0 bridgehead atoms. The summed E-state index contributed by atoms with van der Waals surface area (Å²) >= 11 is 1.68. The van der Waals surface area contributed by atoms with Crippen LogP contribution in [0, 0.1) is 6.92 Å². The number of amides is 1. The predicted molar refractivity (Wildman–Crippen MR) is 85.5 cm³/mol. The molecule has 108 valence electrons. The quantitative estimate of drug-likeness (QED) is 0.877. The van der Waals surface area contributed by atoms with Gasteiger partial charge in [0, 0.05) is 27.8 Å². The summed E-state index contributed by atoms with van der Waals surface area (Å²) in [7, 11) is 0. The zero-order valence-electron chi connectivity index (χ0n) is 11.8. The predicted octanol–water partition coefficient (Wildman–Crippen LogP) is 3.71. The van der Waals surface area contributed by atoms with Crippen LogP contribution in [-0.2, 0) is 4.79 Å². The molecule has 1 N–H and O–H groups in total. The van der Waals surface area contributed by atoms with Crippen molar-refractivity contribution in [2.24, 2.45) is 0 Å². The molecule has 1 aliphatic rings. The molecule has 1 aliphatic heterocycles. The Labute approximate surface area is 128 Å². The third kappa shape index (κ3) is 3.34. The standard InChI is InChI=1S/C17H17NO2S/c1-12-6-7-13(21-12)8-9-17(19)18-15-10-11-20-16-5-3-2-4-14(15)16/h2-9,15H,10-11H2,1H3,(H,18,19)/b9-8+/t15-/m0/s1. The highest BCUT2D eigenvalue weighted by Crippen LogP contribution is 2.31. The molecule has 0 aliphatic carbocycles. The van der Waals surface area contributed by atoms with Crippen molar-refractivity contribution in [2.45, 2.75) is 19.4 Å². The molecule has 3 nitrogen and oxygen atoms in total. The van der Waals surface area contributed by atoms with Crippen molar-refractivity contribution in [2.75, 3.05) is 6.61 Å². The number of nitrogens with one attached hydrogen (secondary N) is 1. The van der Waals surface area contributed by atoms with E-state index in [9.17, 15) is 4.79 Å². The highest BCUT2D eigenvalue weighted by atomic mass is 32.1. The third-order valence-corrected chi connectivity index (χ3v) is 4.40. The van der Waals surface area contributed by atoms with Crippen LogP contribution in [0.15, 0.2) is 42.5 Å². The van der Waals surface area contributed by atoms with E-state index in [1.165, 1.54) is 4.88 Å². The van der Waals surface area contributed by atoms with Crippen molar-refractivity contribution in [1.82, 2.24) is 5.32 Å². The average molecular weight is 299 g/mol. The SMILES string of the molecule is Cc1ccc(/C=C/C(=O)N[C@H]2CCOc3ccccc32)s1. The molecule has 1 atom stereocenters. The van der Waals surface area contributed by atoms with Gasteiger partial charge in [-0.05, 0) is 31.2 Å². The maximum absolute atomic E-state index is 12.1. The first-order valence-corrected chi connectivity index (χ1v) is 7.81. The molecule has 1 amide bonds. The number of carbonyl (C=O) groups is 1. The van der Waals surface area contributed by atoms with Crippen LogP contribution in [0.3, 0.4) is 0 Å². The van der Waals surface area contributed by atoms with Gasteiger partial charge in [-0.2, -0.15) is 0 Å². The summed E-state index contributed by atoms with van der Waals surface area (Å²) in [5.41, 5.74) is 1.05. The lowest BCUT2D eigenvalue weighted by Crippen LogP contribution is -2.30. The molecule has 2 aromatic rings. The van der Waals surface area contributed by atoms with Crippen molar-refractivity contribution in [3.63, 3.8) is 0 Å². The molecule has 1 aromatic heterocycles. The van der Waals surface area contributed by atoms with Crippen molar-refractivity contribution in [3.05, 3.63) is 57.8 Å². The van der Waals surface area contributed by atoms with Crippen LogP contribution in [-0.4, -0.2) is 12.5 Å². The van der Waals surface area contributed by atoms with Crippen LogP contribution in [0.1, 0.15) is 27.8 Å². The zero-order chi connectivity index (χ0) is 14.7. The fourth-order valence-corrected chi connectivity index (χ4v) is 3.19. The molecule has 0 saturated heterocycles. The molecule has 21 heavy (non-hydrogen) atoms. The van der Waals surface area contributed by atoms with Gasteiger partial charge in [0.1, 0.15) is 5.75 Å². The van der Waals surface area contributed by atoms with Gasteiger partial charge in [-0.3, -0.25) is 4.79 Å². The van der Waals surface area contributed by atoms with E-state index in [-0.39, 0.29) is 11.9 Å². The number of thiophene rings is 1. The number of ether oxygens (including phenoxy) is 1. The van der Waals surface area contributed by atoms with E-state index in [1.54, 1.807) is 17.4 Å². The van der Waals surface area contributed by atoms with Crippen LogP contribution >= 0.6 is 11.3 Å². The maximum atomic E-state index is 12.1. The Morgan fingerprint density at radius 1 is 1.33 bits per heavy atom. The van der Waals surface area contributed by atoms with E-state index in [1.807, 2.05) is 36.4 Å². The summed E-state index contributed by atoms with van der Waals surface area (Å²) in [6.07, 6.45) is 4.26. The third-order valence-electron chi connectivity index (χ3n) is 3.44. The Balaban J connectivity index is 1.67. The molecular weight excluding hydrogens is 282 g/mol. The Kier molecular flexibility index (Phi) is 4.06. The molecule has 2 heterocycles. The van der Waals surface area contributed by atoms with Crippen LogP contribution in [0.2, 0.25) is 0 Å². The van der Waals surface area contributed by atoms with Gasteiger partial charge in [0.25, 0.3) is 0 Å². The molecule has 1 aromatic carbocycles. The summed E-state index contributed by atoms with van der Waals surface area (Å²) in [5.74, 6) is 0.801. The summed E-state index contributed by atoms with van der Waals surface area (Å²) < 4.78 is 5.60. The summed E-state index contributed by atoms with van der Waals surface area (Å²) in [6, 6.07) is 12.0. The fraction of sp³-hybridized carbons (Fsp3) is 0.235. The molecule has 0 spiro atoms. The molecule has 0 fully saturated rings. The smallest absolute Gasteiger partial charge is 0.244 e. The average Bonchev–Trinajstić information content (AvgIpc) is 2.91. The first-order chi connectivity index (χ1) is 10.2. The van der Waals surface area contributed by atoms with Crippen molar-refractivity contribution in [1.29, 1.82) is 0 Å². The lowest BCUT2D eigenvalue weighted by molar-refractivity contribution is -0.117. The zero-order valence-corrected chi connectivity index (χ0v) is 12.7. The van der Waals surface area contributed by atoms with Crippen LogP contribution < -0.4 is 10.1 Å². The highest BCUT2D eigenvalue weighted by Gasteiger charge is 2.21. The monoisotopic (exact) mass is 299 g/mol. The van der Waals surface area contributed by atoms with E-state index < -0.39 is 0 Å². The molecule has 3 rings (SSSR count). The first-order valence-electron chi connectivity index (χ1n) is 6.99. The lowest BCUT2D eigenvalue weighted by Gasteiger charge is -2.26. The van der Waals surface area contributed by atoms with E-state index >= 15 is 0 Å². The van der Waals surface area contributed by atoms with E-state index in [0.29, 0.717) is 6.61 Å². The van der Waals surface area contributed by atoms with E-state index in [2.05, 4.69) is 18.3 Å². The second kappa shape index (κ2) is 6.14. The maximum Gasteiger partial charge on any atom is 0.244 e. The van der Waals surface area contributed by atoms with Gasteiger partial charge in [0.2, 0.25) is 5.91 Å². The fourth-order valence-electron chi connectivity index (χ4n) is 2.41. The summed E-state index contributed by atoms with van der Waals surface area (Å²) in [5, 5.41) is 3.05. The van der Waals surface area contributed by atoms with Gasteiger partial charge >= 0.3 is 0 Å². The van der Waals surface area contributed by atoms with Gasteiger partial charge in [-0.1, -0.05) is 18.2 Å². The number of fused-ring (bicyclic) bond motifs is 1. The van der Waals surface area contributed by atoms with E-state index in [0.717, 1.165) is 22.6 Å². The summed E-state index contributed by atoms with van der Waals surface area (Å²) in [6.45, 7) is 2.69. The summed E-state index contributed by atoms with van der Waals surface area (Å²) in [4.78, 5) is 14.4. The lowest BCUT2D eigenvalue weighted by atomic mass is 10.0. The molecule has 0 radical (unpaired) electrons. The number of para-hydroxylation sites is 1. The number of rotatable bonds is 3. The second-order valence-electron chi connectivity index (χ2n) is 5.02. The van der Waals surface area contributed by atoms with Gasteiger partial charge in [-0.15, -0.1) is 11.3 Å². The van der Waals surface area contributed by atoms with Crippen molar-refractivity contribution in [3.8, 4) is 5.75 Å². The van der Waals surface area contributed by atoms with Gasteiger partial charge < -0.3 is 10.1 Å². The molecule has 0 saturated carbocycles. The Morgan fingerprint density at radius 2 is 2.19 bits per heavy atom. The molecule has 0 unspecified atom stereocenters. The van der Waals surface area contributed by atoms with Crippen LogP contribution in [0.4, 0.5) is 0 Å². The van der Waals surface area contributed by atoms with Crippen molar-refractivity contribution < 1.29 is 9.53 Å². The largest absolute Gasteiger partial charge is 0.493 e. The van der Waals surface area contributed by atoms with Gasteiger partial charge in [0.05, 0.1) is 12.6 Å². The number of aryl methyl sites for hydroxylation is 1. The minimum atomic E-state index is -0.0669. The second-order valence-corrected chi connectivity index (χ2v) is 6.34. The molecular formula is C17H17NO2S. The number of hydrogen-bond acceptors (Lipinski definition) is 3. The van der Waals surface area contributed by atoms with E-state index in [4.69, 9.17) is 4.74 Å². The first kappa shape index (κ1) is 13.9. The number of carbonyl (C=O) groups excluding carboxylic acids is 1. The topological polar surface area (TPSA) is 38.3 Å². The normalized spacial score (nSPS) is 17.3. The Hall–Kier alpha value is -2.07. The van der Waals surface area contributed by atoms with Gasteiger partial charge in [-0.25, -0.2) is 0 Å². The Bertz CT molecular complexity index is 675. The Morgan fingerprint density at radius 3 is 3.00 bits per heavy atom. The molecule has 4 heteroatoms. The minimum absolute atomic E-state index is 0.0252. The van der Waals surface area contributed by atoms with Crippen molar-refractivity contribution >= 4 is 23.3 Å². The van der Waals surface area contributed by atoms with Crippen LogP contribution in [0.25, 0.3) is 6.08 Å². The van der Waals surface area contributed by atoms with Crippen LogP contribution in [0.5, 0.6) is 5.75 Å². The minimum Gasteiger partial charge on any atom is -0.493 e. The number of benzene rings is 1.